The van der Waals surface area contributed by atoms with Crippen LogP contribution in [0.2, 0.25) is 0 Å². The van der Waals surface area contributed by atoms with Crippen LogP contribution < -0.4 is 11.2 Å². The molecule has 1 N–H and O–H groups in total. The van der Waals surface area contributed by atoms with Gasteiger partial charge in [0.1, 0.15) is 10.1 Å². The van der Waals surface area contributed by atoms with Gasteiger partial charge in [0.15, 0.2) is 0 Å². The van der Waals surface area contributed by atoms with E-state index in [9.17, 15) is 14.4 Å². The highest BCUT2D eigenvalue weighted by molar-refractivity contribution is 9.10. The van der Waals surface area contributed by atoms with Crippen molar-refractivity contribution in [3.8, 4) is 0 Å². The summed E-state index contributed by atoms with van der Waals surface area (Å²) in [6.45, 7) is 6.91. The standard InChI is InChI=1S/C19H22BrN3O4/c1-12-15(20)16(24)23(17(25)22-12)11-14(13-8-6-5-7-9-13)10-21-18(26)27-19(2,3)4/h5-10,14H,11H2,1-4H3,(H,22,25)/t14-/m0/s1. The van der Waals surface area contributed by atoms with Crippen LogP contribution in [0, 0.1) is 6.92 Å². The minimum atomic E-state index is -0.727. The summed E-state index contributed by atoms with van der Waals surface area (Å²) in [7, 11) is 0. The van der Waals surface area contributed by atoms with Crippen molar-refractivity contribution in [2.45, 2.75) is 45.8 Å². The summed E-state index contributed by atoms with van der Waals surface area (Å²) in [5, 5.41) is 0. The van der Waals surface area contributed by atoms with E-state index in [4.69, 9.17) is 4.74 Å². The first-order valence-electron chi connectivity index (χ1n) is 8.40. The molecule has 7 nitrogen and oxygen atoms in total. The minimum absolute atomic E-state index is 0.0311. The SMILES string of the molecule is Cc1[nH]c(=O)n(C[C@H](C=NC(=O)OC(C)(C)C)c2ccccc2)c(=O)c1Br. The van der Waals surface area contributed by atoms with E-state index in [2.05, 4.69) is 25.9 Å². The van der Waals surface area contributed by atoms with Gasteiger partial charge in [-0.15, -0.1) is 0 Å². The van der Waals surface area contributed by atoms with E-state index in [0.717, 1.165) is 10.1 Å². The maximum absolute atomic E-state index is 12.5. The van der Waals surface area contributed by atoms with E-state index >= 15 is 0 Å². The van der Waals surface area contributed by atoms with E-state index in [1.165, 1.54) is 6.21 Å². The Kier molecular flexibility index (Phi) is 6.54. The first kappa shape index (κ1) is 20.8. The summed E-state index contributed by atoms with van der Waals surface area (Å²) < 4.78 is 6.54. The zero-order valence-corrected chi connectivity index (χ0v) is 17.2. The number of aromatic amines is 1. The van der Waals surface area contributed by atoms with Crippen molar-refractivity contribution in [2.75, 3.05) is 0 Å². The summed E-state index contributed by atoms with van der Waals surface area (Å²) in [4.78, 5) is 43.1. The van der Waals surface area contributed by atoms with Crippen molar-refractivity contribution >= 4 is 28.2 Å². The van der Waals surface area contributed by atoms with Crippen molar-refractivity contribution in [2.24, 2.45) is 4.99 Å². The Labute approximate surface area is 165 Å². The van der Waals surface area contributed by atoms with Crippen LogP contribution >= 0.6 is 15.9 Å². The van der Waals surface area contributed by atoms with E-state index in [-0.39, 0.29) is 11.0 Å². The largest absolute Gasteiger partial charge is 0.442 e. The number of aliphatic imine (C=N–C) groups is 1. The Bertz CT molecular complexity index is 956. The fourth-order valence-corrected chi connectivity index (χ4v) is 2.71. The summed E-state index contributed by atoms with van der Waals surface area (Å²) in [6.07, 6.45) is 0.679. The van der Waals surface area contributed by atoms with Crippen LogP contribution in [0.4, 0.5) is 4.79 Å². The molecule has 0 radical (unpaired) electrons. The molecule has 1 aromatic heterocycles. The lowest BCUT2D eigenvalue weighted by Gasteiger charge is -2.18. The number of carbonyl (C=O) groups excluding carboxylic acids is 1. The molecule has 1 aromatic carbocycles. The fraction of sp³-hybridized carbons (Fsp3) is 0.368. The van der Waals surface area contributed by atoms with Gasteiger partial charge in [-0.25, -0.2) is 9.59 Å². The van der Waals surface area contributed by atoms with E-state index in [1.54, 1.807) is 27.7 Å². The summed E-state index contributed by atoms with van der Waals surface area (Å²) in [5.74, 6) is -0.466. The highest BCUT2D eigenvalue weighted by Crippen LogP contribution is 2.16. The van der Waals surface area contributed by atoms with Crippen LogP contribution in [-0.2, 0) is 11.3 Å². The number of rotatable bonds is 4. The van der Waals surface area contributed by atoms with Gasteiger partial charge in [-0.3, -0.25) is 9.36 Å². The second-order valence-corrected chi connectivity index (χ2v) is 7.85. The van der Waals surface area contributed by atoms with Crippen molar-refractivity contribution in [1.29, 1.82) is 0 Å². The van der Waals surface area contributed by atoms with Gasteiger partial charge in [0.05, 0.1) is 0 Å². The van der Waals surface area contributed by atoms with Crippen LogP contribution in [-0.4, -0.2) is 27.5 Å². The van der Waals surface area contributed by atoms with Gasteiger partial charge >= 0.3 is 11.8 Å². The van der Waals surface area contributed by atoms with Crippen molar-refractivity contribution in [3.05, 3.63) is 66.9 Å². The Morgan fingerprint density at radius 1 is 1.30 bits per heavy atom. The topological polar surface area (TPSA) is 93.5 Å². The zero-order chi connectivity index (χ0) is 20.2. The average molecular weight is 436 g/mol. The number of hydrogen-bond donors (Lipinski definition) is 1. The molecule has 1 heterocycles. The number of nitrogens with zero attached hydrogens (tertiary/aromatic N) is 2. The van der Waals surface area contributed by atoms with Crippen LogP contribution in [0.25, 0.3) is 0 Å². The Balaban J connectivity index is 2.39. The molecule has 2 aromatic rings. The number of ether oxygens (including phenoxy) is 1. The number of hydrogen-bond acceptors (Lipinski definition) is 4. The predicted octanol–water partition coefficient (Wildman–Crippen LogP) is 3.40. The average Bonchev–Trinajstić information content (AvgIpc) is 2.58. The van der Waals surface area contributed by atoms with Gasteiger partial charge in [0.2, 0.25) is 0 Å². The molecule has 0 aliphatic carbocycles. The van der Waals surface area contributed by atoms with E-state index in [1.807, 2.05) is 30.3 Å². The third-order valence-electron chi connectivity index (χ3n) is 3.66. The lowest BCUT2D eigenvalue weighted by atomic mass is 10.0. The zero-order valence-electron chi connectivity index (χ0n) is 15.7. The van der Waals surface area contributed by atoms with Gasteiger partial charge in [-0.2, -0.15) is 4.99 Å². The number of aromatic nitrogens is 2. The van der Waals surface area contributed by atoms with Crippen LogP contribution in [0.5, 0.6) is 0 Å². The van der Waals surface area contributed by atoms with Crippen LogP contribution in [0.1, 0.15) is 37.9 Å². The molecule has 144 valence electrons. The molecule has 2 rings (SSSR count). The quantitative estimate of drug-likeness (QED) is 0.744. The second-order valence-electron chi connectivity index (χ2n) is 7.06. The number of nitrogens with one attached hydrogen (secondary N) is 1. The molecule has 0 aliphatic heterocycles. The van der Waals surface area contributed by atoms with Gasteiger partial charge in [0, 0.05) is 24.4 Å². The molecule has 0 unspecified atom stereocenters. The minimum Gasteiger partial charge on any atom is -0.442 e. The molecular weight excluding hydrogens is 414 g/mol. The van der Waals surface area contributed by atoms with Crippen LogP contribution in [0.15, 0.2) is 49.4 Å². The van der Waals surface area contributed by atoms with Gasteiger partial charge in [0.25, 0.3) is 5.56 Å². The van der Waals surface area contributed by atoms with Crippen molar-refractivity contribution in [3.63, 3.8) is 0 Å². The number of amides is 1. The molecular formula is C19H22BrN3O4. The molecule has 1 amide bonds. The molecule has 0 bridgehead atoms. The molecule has 0 spiro atoms. The maximum Gasteiger partial charge on any atom is 0.433 e. The van der Waals surface area contributed by atoms with Gasteiger partial charge in [-0.1, -0.05) is 30.3 Å². The van der Waals surface area contributed by atoms with Gasteiger partial charge < -0.3 is 9.72 Å². The number of aryl methyl sites for hydroxylation is 1. The molecule has 27 heavy (non-hydrogen) atoms. The summed E-state index contributed by atoms with van der Waals surface area (Å²) >= 11 is 3.19. The number of benzene rings is 1. The van der Waals surface area contributed by atoms with Gasteiger partial charge in [-0.05, 0) is 49.2 Å². The smallest absolute Gasteiger partial charge is 0.433 e. The molecule has 0 aliphatic rings. The number of carbonyl (C=O) groups is 1. The Morgan fingerprint density at radius 3 is 2.52 bits per heavy atom. The molecule has 8 heteroatoms. The summed E-state index contributed by atoms with van der Waals surface area (Å²) in [5.41, 5.74) is -0.352. The molecule has 1 atom stereocenters. The molecule has 0 fully saturated rings. The first-order chi connectivity index (χ1) is 12.6. The third-order valence-corrected chi connectivity index (χ3v) is 4.60. The number of H-pyrrole nitrogens is 1. The number of halogens is 1. The predicted molar refractivity (Wildman–Crippen MR) is 108 cm³/mol. The third kappa shape index (κ3) is 5.75. The van der Waals surface area contributed by atoms with E-state index in [0.29, 0.717) is 5.69 Å². The summed E-state index contributed by atoms with van der Waals surface area (Å²) in [6, 6.07) is 9.21. The highest BCUT2D eigenvalue weighted by Gasteiger charge is 2.18. The fourth-order valence-electron chi connectivity index (χ4n) is 2.39. The molecule has 0 saturated heterocycles. The Hall–Kier alpha value is -2.48. The lowest BCUT2D eigenvalue weighted by molar-refractivity contribution is 0.0604. The monoisotopic (exact) mass is 435 g/mol. The molecule has 0 saturated carbocycles. The van der Waals surface area contributed by atoms with Crippen molar-refractivity contribution < 1.29 is 9.53 Å². The van der Waals surface area contributed by atoms with Crippen molar-refractivity contribution in [1.82, 2.24) is 9.55 Å². The van der Waals surface area contributed by atoms with Crippen LogP contribution in [0.3, 0.4) is 0 Å². The van der Waals surface area contributed by atoms with E-state index < -0.39 is 28.9 Å². The first-order valence-corrected chi connectivity index (χ1v) is 9.19. The highest BCUT2D eigenvalue weighted by atomic mass is 79.9. The second kappa shape index (κ2) is 8.47. The maximum atomic E-state index is 12.5. The lowest BCUT2D eigenvalue weighted by Crippen LogP contribution is -2.38. The normalized spacial score (nSPS) is 12.9. The Morgan fingerprint density at radius 2 is 1.93 bits per heavy atom.